The number of halogens is 2. The molecule has 1 unspecified atom stereocenters. The summed E-state index contributed by atoms with van der Waals surface area (Å²) >= 11 is 0. The van der Waals surface area contributed by atoms with Crippen LogP contribution in [0.25, 0.3) is 0 Å². The molecule has 0 fully saturated rings. The number of carbonyl (C=O) groups is 1. The van der Waals surface area contributed by atoms with E-state index in [9.17, 15) is 13.6 Å². The van der Waals surface area contributed by atoms with Crippen molar-refractivity contribution in [1.82, 2.24) is 0 Å². The Labute approximate surface area is 145 Å². The maximum absolute atomic E-state index is 13.5. The van der Waals surface area contributed by atoms with Crippen molar-refractivity contribution in [3.8, 4) is 0 Å². The highest BCUT2D eigenvalue weighted by atomic mass is 19.1. The van der Waals surface area contributed by atoms with E-state index in [0.29, 0.717) is 18.4 Å². The largest absolute Gasteiger partial charge is 0.366 e. The molecule has 2 aromatic carbocycles. The van der Waals surface area contributed by atoms with Gasteiger partial charge in [0.25, 0.3) is 0 Å². The van der Waals surface area contributed by atoms with E-state index in [2.05, 4.69) is 0 Å². The zero-order valence-electron chi connectivity index (χ0n) is 13.6. The lowest BCUT2D eigenvalue weighted by atomic mass is 9.86. The summed E-state index contributed by atoms with van der Waals surface area (Å²) in [6.45, 7) is 0.224. The highest BCUT2D eigenvalue weighted by Gasteiger charge is 2.30. The molecule has 1 atom stereocenters. The summed E-state index contributed by atoms with van der Waals surface area (Å²) in [5.41, 5.74) is 1.40. The van der Waals surface area contributed by atoms with Gasteiger partial charge >= 0.3 is 0 Å². The zero-order valence-corrected chi connectivity index (χ0v) is 13.6. The van der Waals surface area contributed by atoms with Gasteiger partial charge in [-0.05, 0) is 41.8 Å². The van der Waals surface area contributed by atoms with E-state index >= 15 is 0 Å². The molecule has 1 aliphatic rings. The van der Waals surface area contributed by atoms with Crippen LogP contribution >= 0.6 is 0 Å². The van der Waals surface area contributed by atoms with Crippen LogP contribution < -0.4 is 0 Å². The Balaban J connectivity index is 1.81. The number of carbonyl (C=O) groups excluding carboxylic acids is 1. The van der Waals surface area contributed by atoms with Crippen LogP contribution in [0.2, 0.25) is 0 Å². The van der Waals surface area contributed by atoms with Crippen LogP contribution in [-0.4, -0.2) is 11.9 Å². The Bertz CT molecular complexity index is 826. The number of hydrogen-bond donors (Lipinski definition) is 0. The van der Waals surface area contributed by atoms with E-state index in [1.165, 1.54) is 24.3 Å². The highest BCUT2D eigenvalue weighted by Crippen LogP contribution is 2.30. The molecule has 4 heteroatoms. The minimum Gasteiger partial charge on any atom is -0.366 e. The fraction of sp³-hybridized carbons (Fsp3) is 0.190. The molecule has 2 nitrogen and oxygen atoms in total. The Morgan fingerprint density at radius 2 is 1.72 bits per heavy atom. The van der Waals surface area contributed by atoms with E-state index in [4.69, 9.17) is 4.74 Å². The van der Waals surface area contributed by atoms with Crippen LogP contribution in [0.15, 0.2) is 72.3 Å². The van der Waals surface area contributed by atoms with E-state index in [-0.39, 0.29) is 18.2 Å². The zero-order chi connectivity index (χ0) is 17.7. The van der Waals surface area contributed by atoms with Gasteiger partial charge in [0, 0.05) is 12.0 Å². The standard InChI is InChI=1S/C21H18F2O2/c22-19-5-1-3-17(11-19)13-21(9-7-16(14-24)8-10-21)25-15-18-4-2-6-20(23)12-18/h1-9,11-12,14H,10,13,15H2. The van der Waals surface area contributed by atoms with Crippen molar-refractivity contribution in [3.63, 3.8) is 0 Å². The maximum Gasteiger partial charge on any atom is 0.149 e. The summed E-state index contributed by atoms with van der Waals surface area (Å²) in [5, 5.41) is 0. The number of rotatable bonds is 6. The van der Waals surface area contributed by atoms with Crippen molar-refractivity contribution in [2.24, 2.45) is 0 Å². The normalized spacial score (nSPS) is 19.5. The molecule has 0 spiro atoms. The smallest absolute Gasteiger partial charge is 0.149 e. The summed E-state index contributed by atoms with van der Waals surface area (Å²) < 4.78 is 33.0. The number of benzene rings is 2. The molecular formula is C21H18F2O2. The predicted octanol–water partition coefficient (Wildman–Crippen LogP) is 4.55. The van der Waals surface area contributed by atoms with E-state index in [1.54, 1.807) is 30.4 Å². The molecule has 128 valence electrons. The fourth-order valence-electron chi connectivity index (χ4n) is 2.90. The van der Waals surface area contributed by atoms with Crippen LogP contribution in [-0.2, 0) is 22.6 Å². The van der Waals surface area contributed by atoms with Gasteiger partial charge in [-0.1, -0.05) is 42.5 Å². The number of allylic oxidation sites excluding steroid dienone is 2. The number of aldehydes is 1. The highest BCUT2D eigenvalue weighted by molar-refractivity contribution is 5.78. The maximum atomic E-state index is 13.5. The SMILES string of the molecule is O=CC1=CCC(Cc2cccc(F)c2)(OCc2cccc(F)c2)C=C1. The quantitative estimate of drug-likeness (QED) is 0.721. The van der Waals surface area contributed by atoms with Gasteiger partial charge in [0.05, 0.1) is 12.2 Å². The van der Waals surface area contributed by atoms with E-state index in [0.717, 1.165) is 17.4 Å². The van der Waals surface area contributed by atoms with Crippen molar-refractivity contribution in [2.45, 2.75) is 25.0 Å². The summed E-state index contributed by atoms with van der Waals surface area (Å²) in [6, 6.07) is 12.6. The first-order valence-corrected chi connectivity index (χ1v) is 8.06. The van der Waals surface area contributed by atoms with Crippen molar-refractivity contribution in [1.29, 1.82) is 0 Å². The fourth-order valence-corrected chi connectivity index (χ4v) is 2.90. The molecule has 0 saturated carbocycles. The second-order valence-corrected chi connectivity index (χ2v) is 6.15. The lowest BCUT2D eigenvalue weighted by molar-refractivity contribution is -0.104. The van der Waals surface area contributed by atoms with Gasteiger partial charge in [-0.25, -0.2) is 8.78 Å². The van der Waals surface area contributed by atoms with Gasteiger partial charge in [-0.2, -0.15) is 0 Å². The number of ether oxygens (including phenoxy) is 1. The van der Waals surface area contributed by atoms with E-state index in [1.807, 2.05) is 12.1 Å². The van der Waals surface area contributed by atoms with Crippen molar-refractivity contribution >= 4 is 6.29 Å². The first kappa shape index (κ1) is 17.2. The van der Waals surface area contributed by atoms with Crippen LogP contribution in [0.3, 0.4) is 0 Å². The summed E-state index contributed by atoms with van der Waals surface area (Å²) in [6.07, 6.45) is 7.08. The third-order valence-electron chi connectivity index (χ3n) is 4.21. The van der Waals surface area contributed by atoms with Gasteiger partial charge in [0.1, 0.15) is 17.9 Å². The molecule has 0 amide bonds. The summed E-state index contributed by atoms with van der Waals surface area (Å²) in [7, 11) is 0. The minimum absolute atomic E-state index is 0.224. The Morgan fingerprint density at radius 3 is 2.32 bits per heavy atom. The topological polar surface area (TPSA) is 26.3 Å². The predicted molar refractivity (Wildman–Crippen MR) is 91.9 cm³/mol. The molecule has 3 rings (SSSR count). The second kappa shape index (κ2) is 7.53. The van der Waals surface area contributed by atoms with Crippen molar-refractivity contribution in [2.75, 3.05) is 0 Å². The monoisotopic (exact) mass is 340 g/mol. The average molecular weight is 340 g/mol. The van der Waals surface area contributed by atoms with E-state index < -0.39 is 5.60 Å². The molecule has 25 heavy (non-hydrogen) atoms. The van der Waals surface area contributed by atoms with Crippen LogP contribution in [0.5, 0.6) is 0 Å². The second-order valence-electron chi connectivity index (χ2n) is 6.15. The Kier molecular flexibility index (Phi) is 5.19. The molecule has 1 aliphatic carbocycles. The van der Waals surface area contributed by atoms with Gasteiger partial charge in [0.15, 0.2) is 0 Å². The molecule has 0 aliphatic heterocycles. The first-order chi connectivity index (χ1) is 12.1. The van der Waals surface area contributed by atoms with Crippen LogP contribution in [0.4, 0.5) is 8.78 Å². The molecule has 0 saturated heterocycles. The third-order valence-corrected chi connectivity index (χ3v) is 4.21. The molecular weight excluding hydrogens is 322 g/mol. The van der Waals surface area contributed by atoms with Gasteiger partial charge in [0.2, 0.25) is 0 Å². The lowest BCUT2D eigenvalue weighted by Gasteiger charge is -2.32. The van der Waals surface area contributed by atoms with Gasteiger partial charge in [-0.3, -0.25) is 4.79 Å². The Morgan fingerprint density at radius 1 is 1.04 bits per heavy atom. The molecule has 0 bridgehead atoms. The Hall–Kier alpha value is -2.59. The molecule has 0 heterocycles. The summed E-state index contributed by atoms with van der Waals surface area (Å²) in [4.78, 5) is 10.9. The minimum atomic E-state index is -0.702. The van der Waals surface area contributed by atoms with Gasteiger partial charge < -0.3 is 4.74 Å². The molecule has 0 aromatic heterocycles. The first-order valence-electron chi connectivity index (χ1n) is 8.06. The van der Waals surface area contributed by atoms with Gasteiger partial charge in [-0.15, -0.1) is 0 Å². The van der Waals surface area contributed by atoms with Crippen LogP contribution in [0, 0.1) is 11.6 Å². The summed E-state index contributed by atoms with van der Waals surface area (Å²) in [5.74, 6) is -0.621. The third kappa shape index (κ3) is 4.48. The van der Waals surface area contributed by atoms with Crippen molar-refractivity contribution in [3.05, 3.63) is 95.1 Å². The number of hydrogen-bond acceptors (Lipinski definition) is 2. The average Bonchev–Trinajstić information content (AvgIpc) is 2.61. The lowest BCUT2D eigenvalue weighted by Crippen LogP contribution is -2.34. The molecule has 0 N–H and O–H groups in total. The van der Waals surface area contributed by atoms with Crippen molar-refractivity contribution < 1.29 is 18.3 Å². The molecule has 2 aromatic rings. The molecule has 0 radical (unpaired) electrons. The van der Waals surface area contributed by atoms with Crippen LogP contribution in [0.1, 0.15) is 17.5 Å².